The summed E-state index contributed by atoms with van der Waals surface area (Å²) < 4.78 is 45.9. The summed E-state index contributed by atoms with van der Waals surface area (Å²) in [7, 11) is -3.88. The minimum Gasteiger partial charge on any atom is -0.456 e. The van der Waals surface area contributed by atoms with Crippen LogP contribution < -0.4 is 0 Å². The zero-order valence-corrected chi connectivity index (χ0v) is 30.2. The summed E-state index contributed by atoms with van der Waals surface area (Å²) >= 11 is 0. The van der Waals surface area contributed by atoms with E-state index in [9.17, 15) is 8.42 Å². The third kappa shape index (κ3) is 4.33. The third-order valence-corrected chi connectivity index (χ3v) is 13.2. The maximum absolute atomic E-state index is 14.6. The summed E-state index contributed by atoms with van der Waals surface area (Å²) in [6, 6.07) is 48.0. The molecular formula is C48H30N2O4S. The number of hydrogen-bond donors (Lipinski definition) is 0. The van der Waals surface area contributed by atoms with Gasteiger partial charge < -0.3 is 18.0 Å². The number of rotatable bonds is 4. The monoisotopic (exact) mass is 730 g/mol. The van der Waals surface area contributed by atoms with Gasteiger partial charge in [-0.1, -0.05) is 60.7 Å². The van der Waals surface area contributed by atoms with E-state index in [4.69, 9.17) is 8.83 Å². The van der Waals surface area contributed by atoms with Gasteiger partial charge >= 0.3 is 0 Å². The Labute approximate surface area is 314 Å². The first-order valence-electron chi connectivity index (χ1n) is 18.5. The van der Waals surface area contributed by atoms with Crippen LogP contribution in [0.4, 0.5) is 0 Å². The van der Waals surface area contributed by atoms with Gasteiger partial charge in [0.1, 0.15) is 22.3 Å². The highest BCUT2D eigenvalue weighted by Gasteiger charge is 2.25. The Hall–Kier alpha value is -6.83. The number of para-hydroxylation sites is 3. The molecule has 55 heavy (non-hydrogen) atoms. The Kier molecular flexibility index (Phi) is 6.18. The van der Waals surface area contributed by atoms with E-state index in [1.54, 1.807) is 12.1 Å². The molecule has 0 bridgehead atoms. The lowest BCUT2D eigenvalue weighted by molar-refractivity contribution is 0.596. The van der Waals surface area contributed by atoms with Crippen molar-refractivity contribution < 1.29 is 17.3 Å². The number of allylic oxidation sites excluding steroid dienone is 1. The second-order valence-electron chi connectivity index (χ2n) is 14.4. The van der Waals surface area contributed by atoms with Crippen LogP contribution in [0.15, 0.2) is 170 Å². The van der Waals surface area contributed by atoms with Crippen LogP contribution in [0, 0.1) is 0 Å². The van der Waals surface area contributed by atoms with Crippen LogP contribution in [0.25, 0.3) is 94.0 Å². The van der Waals surface area contributed by atoms with Crippen molar-refractivity contribution in [3.05, 3.63) is 163 Å². The third-order valence-electron chi connectivity index (χ3n) is 11.4. The van der Waals surface area contributed by atoms with Crippen LogP contribution in [-0.4, -0.2) is 17.6 Å². The molecule has 262 valence electrons. The summed E-state index contributed by atoms with van der Waals surface area (Å²) in [5.74, 6) is 0. The summed E-state index contributed by atoms with van der Waals surface area (Å²) in [5.41, 5.74) is 10.5. The molecule has 4 heterocycles. The smallest absolute Gasteiger partial charge is 0.206 e. The van der Waals surface area contributed by atoms with Crippen LogP contribution >= 0.6 is 0 Å². The van der Waals surface area contributed by atoms with Gasteiger partial charge in [-0.2, -0.15) is 0 Å². The van der Waals surface area contributed by atoms with E-state index in [1.165, 1.54) is 0 Å². The van der Waals surface area contributed by atoms with Crippen LogP contribution in [0.3, 0.4) is 0 Å². The molecule has 0 saturated carbocycles. The first-order valence-corrected chi connectivity index (χ1v) is 20.0. The summed E-state index contributed by atoms with van der Waals surface area (Å²) in [4.78, 5) is 0.551. The van der Waals surface area contributed by atoms with Crippen molar-refractivity contribution in [3.8, 4) is 11.4 Å². The molecule has 12 rings (SSSR count). The van der Waals surface area contributed by atoms with Crippen molar-refractivity contribution in [2.24, 2.45) is 0 Å². The van der Waals surface area contributed by atoms with Gasteiger partial charge in [-0.25, -0.2) is 8.42 Å². The second kappa shape index (κ2) is 11.1. The molecule has 11 aromatic rings. The van der Waals surface area contributed by atoms with Gasteiger partial charge in [0.25, 0.3) is 0 Å². The number of hydrogen-bond acceptors (Lipinski definition) is 4. The molecule has 1 aliphatic rings. The molecule has 4 aromatic heterocycles. The van der Waals surface area contributed by atoms with Gasteiger partial charge in [-0.05, 0) is 115 Å². The average molecular weight is 731 g/mol. The molecule has 7 aromatic carbocycles. The first kappa shape index (κ1) is 30.6. The molecule has 7 heteroatoms. The van der Waals surface area contributed by atoms with E-state index < -0.39 is 9.84 Å². The van der Waals surface area contributed by atoms with E-state index in [-0.39, 0.29) is 9.79 Å². The van der Waals surface area contributed by atoms with Gasteiger partial charge in [0, 0.05) is 54.8 Å². The van der Waals surface area contributed by atoms with Gasteiger partial charge in [0.15, 0.2) is 0 Å². The van der Waals surface area contributed by atoms with Gasteiger partial charge in [0.05, 0.1) is 26.3 Å². The fourth-order valence-corrected chi connectivity index (χ4v) is 10.2. The van der Waals surface area contributed by atoms with E-state index in [0.717, 1.165) is 112 Å². The van der Waals surface area contributed by atoms with Crippen molar-refractivity contribution >= 4 is 92.5 Å². The molecule has 0 saturated heterocycles. The zero-order valence-electron chi connectivity index (χ0n) is 29.4. The van der Waals surface area contributed by atoms with E-state index >= 15 is 0 Å². The fourth-order valence-electron chi connectivity index (χ4n) is 8.90. The molecule has 0 atom stereocenters. The fraction of sp³-hybridized carbons (Fsp3) is 0.0417. The van der Waals surface area contributed by atoms with Crippen LogP contribution in [0.2, 0.25) is 0 Å². The molecule has 0 fully saturated rings. The maximum atomic E-state index is 14.6. The lowest BCUT2D eigenvalue weighted by atomic mass is 10.0. The number of aryl methyl sites for hydroxylation is 1. The average Bonchev–Trinajstić information content (AvgIpc) is 3.97. The predicted molar refractivity (Wildman–Crippen MR) is 221 cm³/mol. The molecular weight excluding hydrogens is 701 g/mol. The molecule has 0 spiro atoms. The highest BCUT2D eigenvalue weighted by Crippen LogP contribution is 2.40. The normalized spacial score (nSPS) is 13.4. The quantitative estimate of drug-likeness (QED) is 0.181. The summed E-state index contributed by atoms with van der Waals surface area (Å²) in [6.45, 7) is 0. The van der Waals surface area contributed by atoms with Crippen LogP contribution in [0.1, 0.15) is 17.7 Å². The SMILES string of the molecule is O=S(=O)(c1ccc2c(c1)c1c(n2-c2ccc3oc4ccccc4c3c2)C=CCC1)c1ccc2c(c1)c1ccccc1n2-c1ccc2oc3ccccc3c2c1. The lowest BCUT2D eigenvalue weighted by Crippen LogP contribution is -2.02. The Morgan fingerprint density at radius 1 is 0.455 bits per heavy atom. The number of furan rings is 2. The van der Waals surface area contributed by atoms with Gasteiger partial charge in [0.2, 0.25) is 9.84 Å². The van der Waals surface area contributed by atoms with Crippen molar-refractivity contribution in [2.45, 2.75) is 22.6 Å². The predicted octanol–water partition coefficient (Wildman–Crippen LogP) is 12.3. The maximum Gasteiger partial charge on any atom is 0.206 e. The number of fused-ring (bicyclic) bond motifs is 12. The molecule has 0 N–H and O–H groups in total. The van der Waals surface area contributed by atoms with E-state index in [2.05, 4.69) is 69.8 Å². The van der Waals surface area contributed by atoms with E-state index in [0.29, 0.717) is 0 Å². The second-order valence-corrected chi connectivity index (χ2v) is 16.4. The van der Waals surface area contributed by atoms with Crippen molar-refractivity contribution in [1.82, 2.24) is 9.13 Å². The molecule has 0 aliphatic heterocycles. The minimum absolute atomic E-state index is 0.268. The van der Waals surface area contributed by atoms with E-state index in [1.807, 2.05) is 84.9 Å². The number of benzene rings is 7. The van der Waals surface area contributed by atoms with Gasteiger partial charge in [-0.15, -0.1) is 0 Å². The minimum atomic E-state index is -3.88. The Morgan fingerprint density at radius 2 is 0.982 bits per heavy atom. The molecule has 1 aliphatic carbocycles. The molecule has 0 amide bonds. The Balaban J connectivity index is 1.00. The lowest BCUT2D eigenvalue weighted by Gasteiger charge is -2.12. The topological polar surface area (TPSA) is 70.3 Å². The molecule has 0 radical (unpaired) electrons. The van der Waals surface area contributed by atoms with Gasteiger partial charge in [-0.3, -0.25) is 0 Å². The summed E-state index contributed by atoms with van der Waals surface area (Å²) in [6.07, 6.45) is 6.10. The summed E-state index contributed by atoms with van der Waals surface area (Å²) in [5, 5.41) is 7.04. The number of nitrogens with zero attached hydrogens (tertiary/aromatic N) is 2. The standard InChI is InChI=1S/C48H30N2O4S/c51-55(52,31-19-21-43-37(27-31)33-9-1-5-13-41(33)49(43)29-17-23-47-39(25-29)35-11-3-7-15-45(35)53-47)32-20-22-44-38(28-32)34-10-2-6-14-42(34)50(44)30-18-24-48-40(26-30)36-12-4-8-16-46(36)54-48/h1,3-9,11-28H,2,10H2. The number of sulfone groups is 1. The highest BCUT2D eigenvalue weighted by atomic mass is 32.2. The highest BCUT2D eigenvalue weighted by molar-refractivity contribution is 7.91. The van der Waals surface area contributed by atoms with Crippen LogP contribution in [-0.2, 0) is 16.3 Å². The van der Waals surface area contributed by atoms with Crippen molar-refractivity contribution in [2.75, 3.05) is 0 Å². The van der Waals surface area contributed by atoms with Crippen molar-refractivity contribution in [3.63, 3.8) is 0 Å². The molecule has 6 nitrogen and oxygen atoms in total. The Morgan fingerprint density at radius 3 is 1.65 bits per heavy atom. The first-order chi connectivity index (χ1) is 27.0. The Bertz CT molecular complexity index is 3580. The zero-order chi connectivity index (χ0) is 36.4. The largest absolute Gasteiger partial charge is 0.456 e. The van der Waals surface area contributed by atoms with Crippen molar-refractivity contribution in [1.29, 1.82) is 0 Å². The number of aromatic nitrogens is 2. The molecule has 0 unspecified atom stereocenters. The van der Waals surface area contributed by atoms with Crippen LogP contribution in [0.5, 0.6) is 0 Å².